The van der Waals surface area contributed by atoms with Gasteiger partial charge in [0.25, 0.3) is 0 Å². The van der Waals surface area contributed by atoms with Crippen molar-refractivity contribution in [3.8, 4) is 6.07 Å². The standard InChI is InChI=1S/C14H8N6S/c15-5-8-1-2-11-10(3-8)14-12(6-16-11)17-13(18-14)4-9-7-21-20-19-9/h1-3,6-7H,4H2,(H,17,18). The molecule has 0 aliphatic heterocycles. The van der Waals surface area contributed by atoms with Crippen molar-refractivity contribution in [2.75, 3.05) is 0 Å². The third kappa shape index (κ3) is 2.02. The van der Waals surface area contributed by atoms with E-state index in [1.807, 2.05) is 17.5 Å². The molecule has 7 heteroatoms. The molecule has 3 heterocycles. The third-order valence-corrected chi connectivity index (χ3v) is 3.81. The van der Waals surface area contributed by atoms with Gasteiger partial charge in [-0.25, -0.2) is 4.98 Å². The number of fused-ring (bicyclic) bond motifs is 3. The molecule has 1 aromatic carbocycles. The molecular formula is C14H8N6S. The largest absolute Gasteiger partial charge is 0.341 e. The van der Waals surface area contributed by atoms with E-state index in [0.29, 0.717) is 12.0 Å². The Labute approximate surface area is 123 Å². The first-order valence-electron chi connectivity index (χ1n) is 6.27. The highest BCUT2D eigenvalue weighted by Gasteiger charge is 2.09. The normalized spacial score (nSPS) is 11.0. The SMILES string of the molecule is N#Cc1ccc2ncc3nc(Cc4csnn4)[nH]c3c2c1. The fourth-order valence-corrected chi connectivity index (χ4v) is 2.75. The quantitative estimate of drug-likeness (QED) is 0.612. The minimum atomic E-state index is 0.602. The summed E-state index contributed by atoms with van der Waals surface area (Å²) in [5.41, 5.74) is 4.02. The molecule has 3 aromatic heterocycles. The monoisotopic (exact) mass is 292 g/mol. The van der Waals surface area contributed by atoms with E-state index in [9.17, 15) is 0 Å². The molecular weight excluding hydrogens is 284 g/mol. The Bertz CT molecular complexity index is 980. The van der Waals surface area contributed by atoms with Gasteiger partial charge in [-0.3, -0.25) is 4.98 Å². The van der Waals surface area contributed by atoms with E-state index in [0.717, 1.165) is 33.5 Å². The van der Waals surface area contributed by atoms with Crippen LogP contribution in [0.5, 0.6) is 0 Å². The molecule has 21 heavy (non-hydrogen) atoms. The zero-order valence-electron chi connectivity index (χ0n) is 10.7. The zero-order valence-corrected chi connectivity index (χ0v) is 11.6. The first kappa shape index (κ1) is 11.9. The van der Waals surface area contributed by atoms with Gasteiger partial charge in [0.2, 0.25) is 0 Å². The van der Waals surface area contributed by atoms with E-state index in [2.05, 4.69) is 30.6 Å². The van der Waals surface area contributed by atoms with Crippen molar-refractivity contribution in [3.63, 3.8) is 0 Å². The molecule has 6 nitrogen and oxygen atoms in total. The minimum absolute atomic E-state index is 0.602. The van der Waals surface area contributed by atoms with Crippen LogP contribution in [-0.2, 0) is 6.42 Å². The first-order chi connectivity index (χ1) is 10.3. The maximum absolute atomic E-state index is 9.04. The summed E-state index contributed by atoms with van der Waals surface area (Å²) in [6.07, 6.45) is 2.34. The van der Waals surface area contributed by atoms with Crippen LogP contribution in [0.3, 0.4) is 0 Å². The maximum atomic E-state index is 9.04. The van der Waals surface area contributed by atoms with Crippen molar-refractivity contribution >= 4 is 33.5 Å². The predicted molar refractivity (Wildman–Crippen MR) is 78.8 cm³/mol. The Morgan fingerprint density at radius 3 is 3.05 bits per heavy atom. The van der Waals surface area contributed by atoms with E-state index >= 15 is 0 Å². The Hall–Kier alpha value is -2.85. The number of hydrogen-bond donors (Lipinski definition) is 1. The molecule has 0 fully saturated rings. The van der Waals surface area contributed by atoms with Gasteiger partial charge in [0, 0.05) is 10.8 Å². The second kappa shape index (κ2) is 4.61. The summed E-state index contributed by atoms with van der Waals surface area (Å²) in [7, 11) is 0. The molecule has 0 saturated heterocycles. The lowest BCUT2D eigenvalue weighted by atomic mass is 10.1. The van der Waals surface area contributed by atoms with E-state index < -0.39 is 0 Å². The third-order valence-electron chi connectivity index (χ3n) is 3.26. The van der Waals surface area contributed by atoms with Gasteiger partial charge in [-0.1, -0.05) is 4.49 Å². The van der Waals surface area contributed by atoms with Gasteiger partial charge in [-0.05, 0) is 29.7 Å². The van der Waals surface area contributed by atoms with Crippen LogP contribution in [0.15, 0.2) is 29.8 Å². The summed E-state index contributed by atoms with van der Waals surface area (Å²) in [6.45, 7) is 0. The fourth-order valence-electron chi connectivity index (χ4n) is 2.30. The Kier molecular flexibility index (Phi) is 2.62. The number of benzene rings is 1. The number of rotatable bonds is 2. The van der Waals surface area contributed by atoms with E-state index in [1.165, 1.54) is 11.5 Å². The molecule has 0 aliphatic rings. The highest BCUT2D eigenvalue weighted by Crippen LogP contribution is 2.23. The number of nitriles is 1. The van der Waals surface area contributed by atoms with Crippen molar-refractivity contribution in [2.45, 2.75) is 6.42 Å². The second-order valence-electron chi connectivity index (χ2n) is 4.62. The average Bonchev–Trinajstić information content (AvgIpc) is 3.16. The fraction of sp³-hybridized carbons (Fsp3) is 0.0714. The number of H-pyrrole nitrogens is 1. The molecule has 0 radical (unpaired) electrons. The highest BCUT2D eigenvalue weighted by atomic mass is 32.1. The summed E-state index contributed by atoms with van der Waals surface area (Å²) in [6, 6.07) is 7.59. The molecule has 1 N–H and O–H groups in total. The molecule has 0 spiro atoms. The van der Waals surface area contributed by atoms with Crippen LogP contribution in [0.25, 0.3) is 21.9 Å². The van der Waals surface area contributed by atoms with Crippen LogP contribution in [0.2, 0.25) is 0 Å². The molecule has 0 atom stereocenters. The predicted octanol–water partition coefficient (Wildman–Crippen LogP) is 2.43. The van der Waals surface area contributed by atoms with Crippen molar-refractivity contribution in [2.24, 2.45) is 0 Å². The molecule has 4 aromatic rings. The van der Waals surface area contributed by atoms with Gasteiger partial charge >= 0.3 is 0 Å². The zero-order chi connectivity index (χ0) is 14.2. The van der Waals surface area contributed by atoms with Crippen molar-refractivity contribution < 1.29 is 0 Å². The van der Waals surface area contributed by atoms with Crippen molar-refractivity contribution in [3.05, 3.63) is 46.9 Å². The van der Waals surface area contributed by atoms with Gasteiger partial charge in [0.05, 0.1) is 41.0 Å². The van der Waals surface area contributed by atoms with Crippen molar-refractivity contribution in [1.82, 2.24) is 24.5 Å². The molecule has 100 valence electrons. The Balaban J connectivity index is 1.90. The number of aromatic nitrogens is 5. The lowest BCUT2D eigenvalue weighted by molar-refractivity contribution is 0.959. The van der Waals surface area contributed by atoms with Gasteiger partial charge in [-0.15, -0.1) is 5.10 Å². The molecule has 0 bridgehead atoms. The number of nitrogens with one attached hydrogen (secondary N) is 1. The number of aromatic amines is 1. The molecule has 0 amide bonds. The molecule has 0 aliphatic carbocycles. The summed E-state index contributed by atoms with van der Waals surface area (Å²) < 4.78 is 3.85. The van der Waals surface area contributed by atoms with Crippen LogP contribution in [0.4, 0.5) is 0 Å². The van der Waals surface area contributed by atoms with Crippen LogP contribution >= 0.6 is 11.5 Å². The van der Waals surface area contributed by atoms with Gasteiger partial charge in [0.1, 0.15) is 11.3 Å². The minimum Gasteiger partial charge on any atom is -0.341 e. The average molecular weight is 292 g/mol. The van der Waals surface area contributed by atoms with Gasteiger partial charge in [-0.2, -0.15) is 5.26 Å². The smallest absolute Gasteiger partial charge is 0.113 e. The first-order valence-corrected chi connectivity index (χ1v) is 7.10. The van der Waals surface area contributed by atoms with E-state index in [4.69, 9.17) is 5.26 Å². The van der Waals surface area contributed by atoms with Gasteiger partial charge < -0.3 is 4.98 Å². The summed E-state index contributed by atoms with van der Waals surface area (Å²) in [5, 5.41) is 15.9. The molecule has 0 unspecified atom stereocenters. The summed E-state index contributed by atoms with van der Waals surface area (Å²) >= 11 is 1.32. The highest BCUT2D eigenvalue weighted by molar-refractivity contribution is 7.03. The number of imidazole rings is 1. The lowest BCUT2D eigenvalue weighted by Gasteiger charge is -1.98. The number of hydrogen-bond acceptors (Lipinski definition) is 6. The van der Waals surface area contributed by atoms with Crippen LogP contribution in [0.1, 0.15) is 17.1 Å². The van der Waals surface area contributed by atoms with E-state index in [1.54, 1.807) is 12.3 Å². The van der Waals surface area contributed by atoms with Crippen LogP contribution < -0.4 is 0 Å². The molecule has 0 saturated carbocycles. The maximum Gasteiger partial charge on any atom is 0.113 e. The lowest BCUT2D eigenvalue weighted by Crippen LogP contribution is -1.90. The summed E-state index contributed by atoms with van der Waals surface area (Å²) in [5.74, 6) is 0.814. The van der Waals surface area contributed by atoms with Crippen LogP contribution in [0, 0.1) is 11.3 Å². The molecule has 4 rings (SSSR count). The van der Waals surface area contributed by atoms with Crippen LogP contribution in [-0.4, -0.2) is 24.5 Å². The summed E-state index contributed by atoms with van der Waals surface area (Å²) in [4.78, 5) is 12.2. The van der Waals surface area contributed by atoms with Crippen molar-refractivity contribution in [1.29, 1.82) is 5.26 Å². The Morgan fingerprint density at radius 1 is 1.29 bits per heavy atom. The number of pyridine rings is 1. The van der Waals surface area contributed by atoms with Gasteiger partial charge in [0.15, 0.2) is 0 Å². The second-order valence-corrected chi connectivity index (χ2v) is 5.23. The number of nitrogens with zero attached hydrogens (tertiary/aromatic N) is 5. The Morgan fingerprint density at radius 2 is 2.24 bits per heavy atom. The van der Waals surface area contributed by atoms with E-state index in [-0.39, 0.29) is 0 Å². The topological polar surface area (TPSA) is 91.1 Å².